The summed E-state index contributed by atoms with van der Waals surface area (Å²) in [4.78, 5) is 25.5. The van der Waals surface area contributed by atoms with Gasteiger partial charge in [-0.2, -0.15) is 0 Å². The van der Waals surface area contributed by atoms with Crippen molar-refractivity contribution in [2.24, 2.45) is 0 Å². The van der Waals surface area contributed by atoms with Crippen LogP contribution < -0.4 is 20.1 Å². The molecule has 0 bridgehead atoms. The third-order valence-corrected chi connectivity index (χ3v) is 3.53. The molecule has 0 aliphatic rings. The van der Waals surface area contributed by atoms with Crippen LogP contribution in [0.1, 0.15) is 20.3 Å². The van der Waals surface area contributed by atoms with E-state index in [0.29, 0.717) is 19.7 Å². The van der Waals surface area contributed by atoms with E-state index < -0.39 is 6.04 Å². The molecule has 25 heavy (non-hydrogen) atoms. The van der Waals surface area contributed by atoms with Gasteiger partial charge in [-0.05, 0) is 44.7 Å². The topological polar surface area (TPSA) is 79.9 Å². The molecule has 1 aromatic rings. The summed E-state index contributed by atoms with van der Waals surface area (Å²) in [5, 5.41) is 5.45. The summed E-state index contributed by atoms with van der Waals surface area (Å²) >= 11 is 0. The molecule has 1 rings (SSSR count). The minimum absolute atomic E-state index is 0.166. The third kappa shape index (κ3) is 8.39. The minimum atomic E-state index is -0.539. The quantitative estimate of drug-likeness (QED) is 0.623. The molecule has 0 aliphatic carbocycles. The molecular weight excluding hydrogens is 322 g/mol. The van der Waals surface area contributed by atoms with Gasteiger partial charge in [0, 0.05) is 13.1 Å². The lowest BCUT2D eigenvalue weighted by Crippen LogP contribution is -2.48. The number of nitrogens with one attached hydrogen (secondary N) is 2. The van der Waals surface area contributed by atoms with E-state index in [4.69, 9.17) is 9.47 Å². The average molecular weight is 351 g/mol. The molecule has 0 spiro atoms. The molecular formula is C18H29N3O4. The van der Waals surface area contributed by atoms with Crippen LogP contribution in [0.4, 0.5) is 0 Å². The lowest BCUT2D eigenvalue weighted by molar-refractivity contribution is -0.129. The fraction of sp³-hybridized carbons (Fsp3) is 0.556. The second-order valence-electron chi connectivity index (χ2n) is 5.84. The first-order chi connectivity index (χ1) is 12.0. The molecule has 0 saturated heterocycles. The number of carbonyl (C=O) groups excluding carboxylic acids is 2. The average Bonchev–Trinajstić information content (AvgIpc) is 2.59. The maximum Gasteiger partial charge on any atom is 0.242 e. The number of rotatable bonds is 11. The molecule has 0 heterocycles. The predicted octanol–water partition coefficient (Wildman–Crippen LogP) is 1.04. The number of likely N-dealkylation sites (N-methyl/N-ethyl adjacent to an activating group) is 1. The Kier molecular flexibility index (Phi) is 9.39. The van der Waals surface area contributed by atoms with E-state index in [0.717, 1.165) is 17.9 Å². The molecule has 0 radical (unpaired) electrons. The molecule has 0 fully saturated rings. The SMILES string of the molecule is CCCNC(=O)[C@@H](C)NC(=O)CN(C)CCOc1ccc(OC)cc1. The third-order valence-electron chi connectivity index (χ3n) is 3.53. The highest BCUT2D eigenvalue weighted by Gasteiger charge is 2.15. The monoisotopic (exact) mass is 351 g/mol. The standard InChI is InChI=1S/C18H29N3O4/c1-5-10-19-18(23)14(2)20-17(22)13-21(3)11-12-25-16-8-6-15(24-4)7-9-16/h6-9,14H,5,10-13H2,1-4H3,(H,19,23)(H,20,22)/t14-/m1/s1. The Morgan fingerprint density at radius 3 is 2.44 bits per heavy atom. The molecule has 1 atom stereocenters. The zero-order chi connectivity index (χ0) is 18.7. The first-order valence-electron chi connectivity index (χ1n) is 8.48. The van der Waals surface area contributed by atoms with Gasteiger partial charge in [-0.25, -0.2) is 0 Å². The van der Waals surface area contributed by atoms with E-state index in [1.807, 2.05) is 43.1 Å². The van der Waals surface area contributed by atoms with Crippen molar-refractivity contribution in [1.29, 1.82) is 0 Å². The molecule has 0 unspecified atom stereocenters. The molecule has 2 N–H and O–H groups in total. The van der Waals surface area contributed by atoms with Crippen LogP contribution in [-0.4, -0.2) is 63.2 Å². The summed E-state index contributed by atoms with van der Waals surface area (Å²) in [5.74, 6) is 1.17. The van der Waals surface area contributed by atoms with E-state index in [-0.39, 0.29) is 18.4 Å². The van der Waals surface area contributed by atoms with E-state index >= 15 is 0 Å². The summed E-state index contributed by atoms with van der Waals surface area (Å²) < 4.78 is 10.7. The van der Waals surface area contributed by atoms with Gasteiger partial charge in [0.15, 0.2) is 0 Å². The number of hydrogen-bond donors (Lipinski definition) is 2. The van der Waals surface area contributed by atoms with Crippen molar-refractivity contribution < 1.29 is 19.1 Å². The Morgan fingerprint density at radius 2 is 1.84 bits per heavy atom. The van der Waals surface area contributed by atoms with Crippen molar-refractivity contribution in [3.05, 3.63) is 24.3 Å². The van der Waals surface area contributed by atoms with Crippen molar-refractivity contribution in [3.63, 3.8) is 0 Å². The van der Waals surface area contributed by atoms with Gasteiger partial charge in [-0.1, -0.05) is 6.92 Å². The second kappa shape index (κ2) is 11.3. The van der Waals surface area contributed by atoms with Crippen LogP contribution in [-0.2, 0) is 9.59 Å². The lowest BCUT2D eigenvalue weighted by atomic mass is 10.3. The fourth-order valence-corrected chi connectivity index (χ4v) is 2.07. The first kappa shape index (κ1) is 20.8. The Balaban J connectivity index is 2.24. The fourth-order valence-electron chi connectivity index (χ4n) is 2.07. The summed E-state index contributed by atoms with van der Waals surface area (Å²) in [6, 6.07) is 6.79. The Labute approximate surface area is 149 Å². The van der Waals surface area contributed by atoms with Crippen molar-refractivity contribution in [3.8, 4) is 11.5 Å². The largest absolute Gasteiger partial charge is 0.497 e. The van der Waals surface area contributed by atoms with E-state index in [1.165, 1.54) is 0 Å². The summed E-state index contributed by atoms with van der Waals surface area (Å²) in [7, 11) is 3.45. The number of amides is 2. The molecule has 1 aromatic carbocycles. The highest BCUT2D eigenvalue weighted by atomic mass is 16.5. The molecule has 0 saturated carbocycles. The number of hydrogen-bond acceptors (Lipinski definition) is 5. The second-order valence-corrected chi connectivity index (χ2v) is 5.84. The van der Waals surface area contributed by atoms with Crippen LogP contribution in [0.3, 0.4) is 0 Å². The molecule has 0 aliphatic heterocycles. The van der Waals surface area contributed by atoms with Crippen molar-refractivity contribution in [1.82, 2.24) is 15.5 Å². The Morgan fingerprint density at radius 1 is 1.20 bits per heavy atom. The maximum absolute atomic E-state index is 12.0. The first-order valence-corrected chi connectivity index (χ1v) is 8.48. The van der Waals surface area contributed by atoms with E-state index in [2.05, 4.69) is 10.6 Å². The molecule has 140 valence electrons. The van der Waals surface area contributed by atoms with Gasteiger partial charge < -0.3 is 20.1 Å². The smallest absolute Gasteiger partial charge is 0.242 e. The molecule has 7 nitrogen and oxygen atoms in total. The van der Waals surface area contributed by atoms with Crippen molar-refractivity contribution >= 4 is 11.8 Å². The van der Waals surface area contributed by atoms with Gasteiger partial charge >= 0.3 is 0 Å². The normalized spacial score (nSPS) is 11.7. The number of methoxy groups -OCH3 is 1. The highest BCUT2D eigenvalue weighted by Crippen LogP contribution is 2.16. The Bertz CT molecular complexity index is 534. The van der Waals surface area contributed by atoms with Crippen LogP contribution in [0.25, 0.3) is 0 Å². The maximum atomic E-state index is 12.0. The zero-order valence-corrected chi connectivity index (χ0v) is 15.5. The van der Waals surface area contributed by atoms with Crippen LogP contribution in [0.5, 0.6) is 11.5 Å². The summed E-state index contributed by atoms with van der Waals surface area (Å²) in [5.41, 5.74) is 0. The summed E-state index contributed by atoms with van der Waals surface area (Å²) in [6.45, 7) is 5.53. The lowest BCUT2D eigenvalue weighted by Gasteiger charge is -2.19. The van der Waals surface area contributed by atoms with Crippen LogP contribution in [0, 0.1) is 0 Å². The molecule has 2 amide bonds. The van der Waals surface area contributed by atoms with Crippen molar-refractivity contribution in [2.75, 3.05) is 40.4 Å². The zero-order valence-electron chi connectivity index (χ0n) is 15.5. The van der Waals surface area contributed by atoms with Gasteiger partial charge in [0.05, 0.1) is 13.7 Å². The Hall–Kier alpha value is -2.28. The number of nitrogens with zero attached hydrogens (tertiary/aromatic N) is 1. The van der Waals surface area contributed by atoms with E-state index in [1.54, 1.807) is 14.0 Å². The molecule has 7 heteroatoms. The van der Waals surface area contributed by atoms with Gasteiger partial charge in [0.1, 0.15) is 24.1 Å². The van der Waals surface area contributed by atoms with E-state index in [9.17, 15) is 9.59 Å². The predicted molar refractivity (Wildman–Crippen MR) is 96.9 cm³/mol. The van der Waals surface area contributed by atoms with Crippen LogP contribution in [0.15, 0.2) is 24.3 Å². The van der Waals surface area contributed by atoms with Gasteiger partial charge in [0.25, 0.3) is 0 Å². The number of carbonyl (C=O) groups is 2. The summed E-state index contributed by atoms with van der Waals surface area (Å²) in [6.07, 6.45) is 0.864. The van der Waals surface area contributed by atoms with Crippen LogP contribution >= 0.6 is 0 Å². The number of benzene rings is 1. The van der Waals surface area contributed by atoms with Gasteiger partial charge in [-0.15, -0.1) is 0 Å². The number of ether oxygens (including phenoxy) is 2. The molecule has 0 aromatic heterocycles. The van der Waals surface area contributed by atoms with Gasteiger partial charge in [0.2, 0.25) is 11.8 Å². The van der Waals surface area contributed by atoms with Crippen molar-refractivity contribution in [2.45, 2.75) is 26.3 Å². The minimum Gasteiger partial charge on any atom is -0.497 e. The highest BCUT2D eigenvalue weighted by molar-refractivity contribution is 5.87. The van der Waals surface area contributed by atoms with Crippen LogP contribution in [0.2, 0.25) is 0 Å². The van der Waals surface area contributed by atoms with Gasteiger partial charge in [-0.3, -0.25) is 14.5 Å².